The van der Waals surface area contributed by atoms with Gasteiger partial charge in [-0.2, -0.15) is 0 Å². The standard InChI is InChI=1S/C13H25NO2/c1-11-4-2-3-5-12(11)8-14-6-7-16-13(9-14)10-15/h11-13,15H,2-10H2,1H3/t11-,12-,13+/m0/s1. The van der Waals surface area contributed by atoms with Crippen molar-refractivity contribution in [2.75, 3.05) is 32.8 Å². The van der Waals surface area contributed by atoms with Gasteiger partial charge in [-0.3, -0.25) is 4.90 Å². The number of nitrogens with zero attached hydrogens (tertiary/aromatic N) is 1. The first-order valence-electron chi connectivity index (χ1n) is 6.74. The number of aliphatic hydroxyl groups excluding tert-OH is 1. The van der Waals surface area contributed by atoms with Gasteiger partial charge in [-0.15, -0.1) is 0 Å². The molecule has 0 aromatic rings. The van der Waals surface area contributed by atoms with Crippen LogP contribution < -0.4 is 0 Å². The second-order valence-corrected chi connectivity index (χ2v) is 5.46. The number of hydrogen-bond donors (Lipinski definition) is 1. The molecule has 2 aliphatic rings. The van der Waals surface area contributed by atoms with E-state index in [2.05, 4.69) is 11.8 Å². The molecule has 0 radical (unpaired) electrons. The predicted octanol–water partition coefficient (Wildman–Crippen LogP) is 1.51. The maximum atomic E-state index is 9.11. The van der Waals surface area contributed by atoms with Crippen LogP contribution in [0, 0.1) is 11.8 Å². The van der Waals surface area contributed by atoms with Crippen LogP contribution in [0.15, 0.2) is 0 Å². The zero-order valence-corrected chi connectivity index (χ0v) is 10.4. The van der Waals surface area contributed by atoms with E-state index >= 15 is 0 Å². The Morgan fingerprint density at radius 2 is 2.12 bits per heavy atom. The lowest BCUT2D eigenvalue weighted by molar-refractivity contribution is -0.0591. The zero-order chi connectivity index (χ0) is 11.4. The van der Waals surface area contributed by atoms with E-state index in [1.54, 1.807) is 0 Å². The van der Waals surface area contributed by atoms with Gasteiger partial charge < -0.3 is 9.84 Å². The van der Waals surface area contributed by atoms with Crippen LogP contribution in [0.2, 0.25) is 0 Å². The van der Waals surface area contributed by atoms with Crippen LogP contribution in [0.1, 0.15) is 32.6 Å². The SMILES string of the molecule is C[C@H]1CCCC[C@H]1CN1CCO[C@@H](CO)C1. The Bertz CT molecular complexity index is 210. The van der Waals surface area contributed by atoms with E-state index in [0.717, 1.165) is 31.5 Å². The van der Waals surface area contributed by atoms with Gasteiger partial charge >= 0.3 is 0 Å². The topological polar surface area (TPSA) is 32.7 Å². The molecule has 0 amide bonds. The lowest BCUT2D eigenvalue weighted by atomic mass is 9.80. The van der Waals surface area contributed by atoms with Crippen molar-refractivity contribution in [3.05, 3.63) is 0 Å². The fourth-order valence-electron chi connectivity index (χ4n) is 3.05. The Balaban J connectivity index is 1.79. The van der Waals surface area contributed by atoms with Crippen molar-refractivity contribution in [3.63, 3.8) is 0 Å². The Morgan fingerprint density at radius 3 is 2.88 bits per heavy atom. The summed E-state index contributed by atoms with van der Waals surface area (Å²) < 4.78 is 5.48. The molecule has 16 heavy (non-hydrogen) atoms. The van der Waals surface area contributed by atoms with Crippen molar-refractivity contribution < 1.29 is 9.84 Å². The Labute approximate surface area is 98.8 Å². The number of hydrogen-bond acceptors (Lipinski definition) is 3. The third-order valence-electron chi connectivity index (χ3n) is 4.21. The zero-order valence-electron chi connectivity index (χ0n) is 10.4. The van der Waals surface area contributed by atoms with Crippen LogP contribution in [0.25, 0.3) is 0 Å². The van der Waals surface area contributed by atoms with Crippen LogP contribution in [-0.4, -0.2) is 49.0 Å². The van der Waals surface area contributed by atoms with Crippen LogP contribution in [0.5, 0.6) is 0 Å². The molecule has 3 heteroatoms. The van der Waals surface area contributed by atoms with Crippen molar-refractivity contribution in [3.8, 4) is 0 Å². The highest BCUT2D eigenvalue weighted by Gasteiger charge is 2.26. The molecule has 1 aliphatic carbocycles. The Hall–Kier alpha value is -0.120. The van der Waals surface area contributed by atoms with Gasteiger partial charge in [0.25, 0.3) is 0 Å². The van der Waals surface area contributed by atoms with E-state index in [4.69, 9.17) is 9.84 Å². The van der Waals surface area contributed by atoms with Crippen LogP contribution in [-0.2, 0) is 4.74 Å². The number of ether oxygens (including phenoxy) is 1. The average molecular weight is 227 g/mol. The second kappa shape index (κ2) is 5.99. The van der Waals surface area contributed by atoms with E-state index in [1.165, 1.54) is 32.2 Å². The van der Waals surface area contributed by atoms with Gasteiger partial charge in [-0.25, -0.2) is 0 Å². The van der Waals surface area contributed by atoms with E-state index in [1.807, 2.05) is 0 Å². The van der Waals surface area contributed by atoms with E-state index in [0.29, 0.717) is 0 Å². The monoisotopic (exact) mass is 227 g/mol. The fraction of sp³-hybridized carbons (Fsp3) is 1.00. The summed E-state index contributed by atoms with van der Waals surface area (Å²) in [5, 5.41) is 9.11. The highest BCUT2D eigenvalue weighted by Crippen LogP contribution is 2.30. The predicted molar refractivity (Wildman–Crippen MR) is 64.4 cm³/mol. The third kappa shape index (κ3) is 3.19. The molecule has 1 heterocycles. The maximum Gasteiger partial charge on any atom is 0.0932 e. The Morgan fingerprint density at radius 1 is 1.31 bits per heavy atom. The smallest absolute Gasteiger partial charge is 0.0932 e. The molecule has 94 valence electrons. The van der Waals surface area contributed by atoms with E-state index < -0.39 is 0 Å². The van der Waals surface area contributed by atoms with Crippen LogP contribution >= 0.6 is 0 Å². The van der Waals surface area contributed by atoms with Crippen molar-refractivity contribution in [1.29, 1.82) is 0 Å². The lowest BCUT2D eigenvalue weighted by Crippen LogP contribution is -2.46. The summed E-state index contributed by atoms with van der Waals surface area (Å²) in [5.41, 5.74) is 0. The minimum absolute atomic E-state index is 0.0487. The molecule has 1 aliphatic heterocycles. The average Bonchev–Trinajstić information content (AvgIpc) is 2.32. The lowest BCUT2D eigenvalue weighted by Gasteiger charge is -2.37. The molecule has 0 aromatic heterocycles. The molecular weight excluding hydrogens is 202 g/mol. The summed E-state index contributed by atoms with van der Waals surface area (Å²) in [4.78, 5) is 2.48. The van der Waals surface area contributed by atoms with E-state index in [-0.39, 0.29) is 12.7 Å². The number of aliphatic hydroxyl groups is 1. The summed E-state index contributed by atoms with van der Waals surface area (Å²) >= 11 is 0. The van der Waals surface area contributed by atoms with E-state index in [9.17, 15) is 0 Å². The van der Waals surface area contributed by atoms with Gasteiger partial charge in [-0.1, -0.05) is 26.2 Å². The molecular formula is C13H25NO2. The van der Waals surface area contributed by atoms with Crippen molar-refractivity contribution in [2.24, 2.45) is 11.8 Å². The summed E-state index contributed by atoms with van der Waals surface area (Å²) in [6, 6.07) is 0. The van der Waals surface area contributed by atoms with Gasteiger partial charge in [0.1, 0.15) is 0 Å². The molecule has 0 unspecified atom stereocenters. The minimum atomic E-state index is 0.0487. The molecule has 0 aromatic carbocycles. The molecule has 1 N–H and O–H groups in total. The van der Waals surface area contributed by atoms with Gasteiger partial charge in [0.15, 0.2) is 0 Å². The summed E-state index contributed by atoms with van der Waals surface area (Å²) in [6.45, 7) is 6.51. The first kappa shape index (κ1) is 12.3. The molecule has 1 saturated carbocycles. The molecule has 1 saturated heterocycles. The molecule has 0 spiro atoms. The first-order valence-corrected chi connectivity index (χ1v) is 6.74. The molecule has 3 atom stereocenters. The third-order valence-corrected chi connectivity index (χ3v) is 4.21. The van der Waals surface area contributed by atoms with Gasteiger partial charge in [0.05, 0.1) is 19.3 Å². The fourth-order valence-corrected chi connectivity index (χ4v) is 3.05. The van der Waals surface area contributed by atoms with Crippen LogP contribution in [0.4, 0.5) is 0 Å². The van der Waals surface area contributed by atoms with Gasteiger partial charge in [-0.05, 0) is 18.3 Å². The first-order chi connectivity index (χ1) is 7.79. The normalized spacial score (nSPS) is 37.5. The van der Waals surface area contributed by atoms with Crippen molar-refractivity contribution >= 4 is 0 Å². The highest BCUT2D eigenvalue weighted by atomic mass is 16.5. The second-order valence-electron chi connectivity index (χ2n) is 5.46. The molecule has 2 fully saturated rings. The molecule has 2 rings (SSSR count). The highest BCUT2D eigenvalue weighted by molar-refractivity contribution is 4.78. The quantitative estimate of drug-likeness (QED) is 0.793. The van der Waals surface area contributed by atoms with Crippen molar-refractivity contribution in [2.45, 2.75) is 38.7 Å². The van der Waals surface area contributed by atoms with Crippen molar-refractivity contribution in [1.82, 2.24) is 4.90 Å². The summed E-state index contributed by atoms with van der Waals surface area (Å²) in [5.74, 6) is 1.75. The molecule has 3 nitrogen and oxygen atoms in total. The molecule has 0 bridgehead atoms. The Kier molecular flexibility index (Phi) is 4.62. The van der Waals surface area contributed by atoms with Gasteiger partial charge in [0, 0.05) is 19.6 Å². The number of morpholine rings is 1. The summed E-state index contributed by atoms with van der Waals surface area (Å²) in [7, 11) is 0. The maximum absolute atomic E-state index is 9.11. The summed E-state index contributed by atoms with van der Waals surface area (Å²) in [6.07, 6.45) is 5.66. The van der Waals surface area contributed by atoms with Gasteiger partial charge in [0.2, 0.25) is 0 Å². The number of rotatable bonds is 3. The minimum Gasteiger partial charge on any atom is -0.394 e. The largest absolute Gasteiger partial charge is 0.394 e. The van der Waals surface area contributed by atoms with Crippen LogP contribution in [0.3, 0.4) is 0 Å².